The molecule has 1 saturated heterocycles. The van der Waals surface area contributed by atoms with E-state index in [2.05, 4.69) is 16.1 Å². The number of hydrogen-bond donors (Lipinski definition) is 0. The molecule has 1 amide bonds. The largest absolute Gasteiger partial charge is 0.496 e. The summed E-state index contributed by atoms with van der Waals surface area (Å²) in [5, 5.41) is 4.22. The van der Waals surface area contributed by atoms with Crippen LogP contribution >= 0.6 is 0 Å². The lowest BCUT2D eigenvalue weighted by molar-refractivity contribution is -0.134. The Labute approximate surface area is 141 Å². The van der Waals surface area contributed by atoms with Crippen LogP contribution < -0.4 is 4.74 Å². The van der Waals surface area contributed by atoms with Crippen molar-refractivity contribution >= 4 is 5.91 Å². The van der Waals surface area contributed by atoms with Gasteiger partial charge in [0.25, 0.3) is 0 Å². The molecule has 2 atom stereocenters. The summed E-state index contributed by atoms with van der Waals surface area (Å²) in [5.74, 6) is 1.61. The lowest BCUT2D eigenvalue weighted by Gasteiger charge is -2.32. The van der Waals surface area contributed by atoms with E-state index in [1.165, 1.54) is 0 Å². The van der Waals surface area contributed by atoms with Gasteiger partial charge < -0.3 is 9.64 Å². The first-order valence-corrected chi connectivity index (χ1v) is 8.53. The van der Waals surface area contributed by atoms with Crippen LogP contribution in [0.4, 0.5) is 0 Å². The molecule has 126 valence electrons. The molecule has 2 heterocycles. The first kappa shape index (κ1) is 15.2. The van der Waals surface area contributed by atoms with Crippen molar-refractivity contribution in [3.63, 3.8) is 0 Å². The standard InChI is InChI=1S/C18H22N4O2/c1-24-17-5-3-2-4-14(17)15-10-16(15)18(23)21-8-6-13(7-9-21)22-12-19-11-20-22/h2-5,11-13,15-16H,6-10H2,1H3/t15-,16+/m0/s1. The number of nitrogens with zero attached hydrogens (tertiary/aromatic N) is 4. The SMILES string of the molecule is COc1ccccc1[C@@H]1C[C@H]1C(=O)N1CCC(n2cncn2)CC1. The quantitative estimate of drug-likeness (QED) is 0.865. The number of hydrogen-bond acceptors (Lipinski definition) is 4. The Balaban J connectivity index is 1.36. The molecule has 4 rings (SSSR count). The number of likely N-dealkylation sites (tertiary alicyclic amines) is 1. The van der Waals surface area contributed by atoms with E-state index in [4.69, 9.17) is 4.74 Å². The van der Waals surface area contributed by atoms with Crippen molar-refractivity contribution in [1.82, 2.24) is 19.7 Å². The van der Waals surface area contributed by atoms with Crippen LogP contribution in [0.25, 0.3) is 0 Å². The number of benzene rings is 1. The number of aromatic nitrogens is 3. The van der Waals surface area contributed by atoms with Crippen molar-refractivity contribution in [1.29, 1.82) is 0 Å². The maximum absolute atomic E-state index is 12.8. The van der Waals surface area contributed by atoms with Crippen LogP contribution in [0.1, 0.15) is 36.8 Å². The molecule has 0 unspecified atom stereocenters. The third-order valence-corrected chi connectivity index (χ3v) is 5.23. The van der Waals surface area contributed by atoms with Gasteiger partial charge in [0.05, 0.1) is 13.2 Å². The maximum atomic E-state index is 12.8. The van der Waals surface area contributed by atoms with Gasteiger partial charge in [0.2, 0.25) is 5.91 Å². The smallest absolute Gasteiger partial charge is 0.226 e. The molecule has 0 N–H and O–H groups in total. The molecular formula is C18H22N4O2. The highest BCUT2D eigenvalue weighted by Crippen LogP contribution is 2.51. The highest BCUT2D eigenvalue weighted by Gasteiger charge is 2.47. The van der Waals surface area contributed by atoms with E-state index in [1.807, 2.05) is 27.8 Å². The van der Waals surface area contributed by atoms with Crippen LogP contribution in [-0.2, 0) is 4.79 Å². The second kappa shape index (κ2) is 6.26. The van der Waals surface area contributed by atoms with Gasteiger partial charge in [-0.05, 0) is 36.8 Å². The van der Waals surface area contributed by atoms with Gasteiger partial charge in [-0.2, -0.15) is 5.10 Å². The van der Waals surface area contributed by atoms with Crippen molar-refractivity contribution in [3.05, 3.63) is 42.5 Å². The van der Waals surface area contributed by atoms with Crippen LogP contribution in [0, 0.1) is 5.92 Å². The molecule has 2 aliphatic rings. The monoisotopic (exact) mass is 326 g/mol. The molecule has 2 aromatic rings. The molecule has 6 nitrogen and oxygen atoms in total. The molecule has 1 aliphatic heterocycles. The molecule has 0 spiro atoms. The highest BCUT2D eigenvalue weighted by molar-refractivity contribution is 5.83. The van der Waals surface area contributed by atoms with Crippen LogP contribution in [-0.4, -0.2) is 45.8 Å². The van der Waals surface area contributed by atoms with E-state index in [9.17, 15) is 4.79 Å². The second-order valence-electron chi connectivity index (χ2n) is 6.62. The van der Waals surface area contributed by atoms with Crippen LogP contribution in [0.15, 0.2) is 36.9 Å². The van der Waals surface area contributed by atoms with Gasteiger partial charge in [-0.15, -0.1) is 0 Å². The van der Waals surface area contributed by atoms with E-state index in [-0.39, 0.29) is 5.92 Å². The van der Waals surface area contributed by atoms with Gasteiger partial charge in [-0.3, -0.25) is 4.79 Å². The normalized spacial score (nSPS) is 24.0. The third-order valence-electron chi connectivity index (χ3n) is 5.23. The van der Waals surface area contributed by atoms with Gasteiger partial charge in [-0.25, -0.2) is 9.67 Å². The van der Waals surface area contributed by atoms with Gasteiger partial charge >= 0.3 is 0 Å². The topological polar surface area (TPSA) is 60.2 Å². The first-order valence-electron chi connectivity index (χ1n) is 8.53. The van der Waals surface area contributed by atoms with Crippen molar-refractivity contribution in [3.8, 4) is 5.75 Å². The Morgan fingerprint density at radius 3 is 2.75 bits per heavy atom. The molecule has 24 heavy (non-hydrogen) atoms. The minimum atomic E-state index is 0.115. The number of rotatable bonds is 4. The van der Waals surface area contributed by atoms with Gasteiger partial charge in [0.1, 0.15) is 18.4 Å². The minimum Gasteiger partial charge on any atom is -0.496 e. The first-order chi connectivity index (χ1) is 11.8. The van der Waals surface area contributed by atoms with Crippen LogP contribution in [0.3, 0.4) is 0 Å². The number of piperidine rings is 1. The molecule has 6 heteroatoms. The molecule has 1 aromatic heterocycles. The molecule has 2 fully saturated rings. The Morgan fingerprint density at radius 2 is 2.04 bits per heavy atom. The summed E-state index contributed by atoms with van der Waals surface area (Å²) in [6.45, 7) is 1.61. The number of para-hydroxylation sites is 1. The highest BCUT2D eigenvalue weighted by atomic mass is 16.5. The number of ether oxygens (including phenoxy) is 1. The Kier molecular flexibility index (Phi) is 3.96. The van der Waals surface area contributed by atoms with Crippen molar-refractivity contribution < 1.29 is 9.53 Å². The molecular weight excluding hydrogens is 304 g/mol. The Bertz CT molecular complexity index is 708. The number of methoxy groups -OCH3 is 1. The van der Waals surface area contributed by atoms with E-state index in [1.54, 1.807) is 19.8 Å². The fourth-order valence-corrected chi connectivity index (χ4v) is 3.78. The molecule has 0 bridgehead atoms. The summed E-state index contributed by atoms with van der Waals surface area (Å²) in [7, 11) is 1.69. The summed E-state index contributed by atoms with van der Waals surface area (Å²) in [5.41, 5.74) is 1.16. The van der Waals surface area contributed by atoms with Crippen molar-refractivity contribution in [2.75, 3.05) is 20.2 Å². The number of carbonyl (C=O) groups is 1. The summed E-state index contributed by atoms with van der Waals surface area (Å²) >= 11 is 0. The fourth-order valence-electron chi connectivity index (χ4n) is 3.78. The van der Waals surface area contributed by atoms with E-state index in [0.29, 0.717) is 17.9 Å². The van der Waals surface area contributed by atoms with E-state index in [0.717, 1.165) is 43.7 Å². The van der Waals surface area contributed by atoms with Crippen molar-refractivity contribution in [2.45, 2.75) is 31.2 Å². The number of amides is 1. The zero-order valence-electron chi connectivity index (χ0n) is 13.8. The maximum Gasteiger partial charge on any atom is 0.226 e. The molecule has 1 saturated carbocycles. The fraction of sp³-hybridized carbons (Fsp3) is 0.500. The summed E-state index contributed by atoms with van der Waals surface area (Å²) in [6, 6.07) is 8.39. The van der Waals surface area contributed by atoms with Gasteiger partial charge in [0.15, 0.2) is 0 Å². The van der Waals surface area contributed by atoms with Gasteiger partial charge in [0, 0.05) is 19.0 Å². The Morgan fingerprint density at radius 1 is 1.25 bits per heavy atom. The lowest BCUT2D eigenvalue weighted by atomic mass is 10.0. The average Bonchev–Trinajstić information content (AvgIpc) is 3.25. The van der Waals surface area contributed by atoms with Crippen LogP contribution in [0.2, 0.25) is 0 Å². The second-order valence-corrected chi connectivity index (χ2v) is 6.62. The van der Waals surface area contributed by atoms with Gasteiger partial charge in [-0.1, -0.05) is 18.2 Å². The van der Waals surface area contributed by atoms with Crippen LogP contribution in [0.5, 0.6) is 5.75 Å². The minimum absolute atomic E-state index is 0.115. The molecule has 0 radical (unpaired) electrons. The lowest BCUT2D eigenvalue weighted by Crippen LogP contribution is -2.40. The zero-order valence-corrected chi connectivity index (χ0v) is 13.8. The molecule has 1 aliphatic carbocycles. The average molecular weight is 326 g/mol. The Hall–Kier alpha value is -2.37. The number of carbonyl (C=O) groups excluding carboxylic acids is 1. The van der Waals surface area contributed by atoms with Crippen molar-refractivity contribution in [2.24, 2.45) is 5.92 Å². The zero-order chi connectivity index (χ0) is 16.5. The molecule has 1 aromatic carbocycles. The summed E-state index contributed by atoms with van der Waals surface area (Å²) < 4.78 is 7.35. The van der Waals surface area contributed by atoms with E-state index >= 15 is 0 Å². The third kappa shape index (κ3) is 2.77. The summed E-state index contributed by atoms with van der Waals surface area (Å²) in [4.78, 5) is 18.8. The van der Waals surface area contributed by atoms with E-state index < -0.39 is 0 Å². The predicted octanol–water partition coefficient (Wildman–Crippen LogP) is 2.25. The summed E-state index contributed by atoms with van der Waals surface area (Å²) in [6.07, 6.45) is 6.16. The predicted molar refractivity (Wildman–Crippen MR) is 88.7 cm³/mol.